The van der Waals surface area contributed by atoms with Gasteiger partial charge in [-0.2, -0.15) is 0 Å². The number of hydrogen-bond donors (Lipinski definition) is 0. The van der Waals surface area contributed by atoms with Crippen LogP contribution in [0.25, 0.3) is 0 Å². The Hall–Kier alpha value is -2.28. The van der Waals surface area contributed by atoms with Crippen LogP contribution in [0.15, 0.2) is 40.9 Å². The lowest BCUT2D eigenvalue weighted by Crippen LogP contribution is -2.15. The smallest absolute Gasteiger partial charge is 0.315 e. The third-order valence-electron chi connectivity index (χ3n) is 2.86. The lowest BCUT2D eigenvalue weighted by Gasteiger charge is -2.19. The van der Waals surface area contributed by atoms with Gasteiger partial charge in [-0.1, -0.05) is 15.9 Å². The van der Waals surface area contributed by atoms with Crippen LogP contribution in [-0.2, 0) is 0 Å². The molecule has 1 aliphatic rings. The van der Waals surface area contributed by atoms with Gasteiger partial charge in [0.2, 0.25) is 5.75 Å². The van der Waals surface area contributed by atoms with E-state index in [1.54, 1.807) is 24.3 Å². The molecule has 2 aromatic carbocycles. The first-order chi connectivity index (χ1) is 10.1. The van der Waals surface area contributed by atoms with Crippen molar-refractivity contribution in [3.8, 4) is 23.0 Å². The maximum absolute atomic E-state index is 11.2. The predicted molar refractivity (Wildman–Crippen MR) is 78.3 cm³/mol. The van der Waals surface area contributed by atoms with Crippen LogP contribution in [0, 0.1) is 10.1 Å². The maximum atomic E-state index is 11.2. The summed E-state index contributed by atoms with van der Waals surface area (Å²) in [7, 11) is 0. The Kier molecular flexibility index (Phi) is 3.66. The van der Waals surface area contributed by atoms with Gasteiger partial charge in [-0.05, 0) is 24.3 Å². The average Bonchev–Trinajstić information content (AvgIpc) is 2.48. The minimum Gasteiger partial charge on any atom is -0.486 e. The number of rotatable bonds is 3. The van der Waals surface area contributed by atoms with Gasteiger partial charge in [0.1, 0.15) is 19.0 Å². The molecule has 0 N–H and O–H groups in total. The van der Waals surface area contributed by atoms with Gasteiger partial charge < -0.3 is 14.2 Å². The molecule has 1 heterocycles. The molecule has 0 aromatic heterocycles. The molecule has 6 nitrogen and oxygen atoms in total. The highest BCUT2D eigenvalue weighted by atomic mass is 79.9. The third-order valence-corrected chi connectivity index (χ3v) is 3.39. The van der Waals surface area contributed by atoms with Crippen molar-refractivity contribution in [1.29, 1.82) is 0 Å². The summed E-state index contributed by atoms with van der Waals surface area (Å²) < 4.78 is 17.3. The quantitative estimate of drug-likeness (QED) is 0.619. The van der Waals surface area contributed by atoms with Crippen LogP contribution >= 0.6 is 15.9 Å². The highest BCUT2D eigenvalue weighted by Gasteiger charge is 2.23. The number of ether oxygens (including phenoxy) is 3. The second-order valence-corrected chi connectivity index (χ2v) is 5.19. The number of hydrogen-bond acceptors (Lipinski definition) is 5. The van der Waals surface area contributed by atoms with E-state index in [1.807, 2.05) is 0 Å². The normalized spacial score (nSPS) is 12.8. The van der Waals surface area contributed by atoms with Crippen molar-refractivity contribution >= 4 is 21.6 Å². The Bertz CT molecular complexity index is 687. The van der Waals surface area contributed by atoms with Crippen LogP contribution in [0.1, 0.15) is 0 Å². The Morgan fingerprint density at radius 2 is 1.71 bits per heavy atom. The van der Waals surface area contributed by atoms with Gasteiger partial charge in [0, 0.05) is 10.5 Å². The van der Waals surface area contributed by atoms with Crippen LogP contribution in [0.2, 0.25) is 0 Å². The molecule has 0 radical (unpaired) electrons. The Balaban J connectivity index is 1.99. The molecular weight excluding hydrogens is 342 g/mol. The zero-order chi connectivity index (χ0) is 14.8. The standard InChI is InChI=1S/C14H10BrNO5/c15-9-1-3-10(4-2-9)21-12-8-14-13(19-5-6-20-14)7-11(12)16(17)18/h1-4,7-8H,5-6H2. The van der Waals surface area contributed by atoms with Gasteiger partial charge in [0.15, 0.2) is 11.5 Å². The van der Waals surface area contributed by atoms with E-state index >= 15 is 0 Å². The Morgan fingerprint density at radius 3 is 2.33 bits per heavy atom. The van der Waals surface area contributed by atoms with Crippen molar-refractivity contribution < 1.29 is 19.1 Å². The van der Waals surface area contributed by atoms with Crippen LogP contribution in [0.3, 0.4) is 0 Å². The van der Waals surface area contributed by atoms with E-state index in [2.05, 4.69) is 15.9 Å². The summed E-state index contributed by atoms with van der Waals surface area (Å²) in [5.41, 5.74) is -0.165. The van der Waals surface area contributed by atoms with Crippen LogP contribution in [0.4, 0.5) is 5.69 Å². The summed E-state index contributed by atoms with van der Waals surface area (Å²) in [6.45, 7) is 0.777. The van der Waals surface area contributed by atoms with Crippen LogP contribution < -0.4 is 14.2 Å². The minimum absolute atomic E-state index is 0.117. The fraction of sp³-hybridized carbons (Fsp3) is 0.143. The van der Waals surface area contributed by atoms with E-state index in [1.165, 1.54) is 12.1 Å². The first-order valence-corrected chi connectivity index (χ1v) is 6.94. The molecule has 0 bridgehead atoms. The zero-order valence-corrected chi connectivity index (χ0v) is 12.3. The topological polar surface area (TPSA) is 70.8 Å². The molecule has 21 heavy (non-hydrogen) atoms. The molecule has 0 amide bonds. The lowest BCUT2D eigenvalue weighted by molar-refractivity contribution is -0.385. The molecule has 0 saturated heterocycles. The van der Waals surface area contributed by atoms with E-state index in [0.29, 0.717) is 30.5 Å². The number of fused-ring (bicyclic) bond motifs is 1. The second kappa shape index (κ2) is 5.61. The number of nitrogens with zero attached hydrogens (tertiary/aromatic N) is 1. The van der Waals surface area contributed by atoms with Gasteiger partial charge >= 0.3 is 5.69 Å². The van der Waals surface area contributed by atoms with Crippen molar-refractivity contribution in [2.24, 2.45) is 0 Å². The van der Waals surface area contributed by atoms with Crippen molar-refractivity contribution in [2.45, 2.75) is 0 Å². The van der Waals surface area contributed by atoms with E-state index < -0.39 is 4.92 Å². The summed E-state index contributed by atoms with van der Waals surface area (Å²) >= 11 is 3.32. The molecule has 0 unspecified atom stereocenters. The van der Waals surface area contributed by atoms with Crippen molar-refractivity contribution in [3.63, 3.8) is 0 Å². The fourth-order valence-electron chi connectivity index (χ4n) is 1.91. The predicted octanol–water partition coefficient (Wildman–Crippen LogP) is 3.92. The van der Waals surface area contributed by atoms with Crippen molar-refractivity contribution in [2.75, 3.05) is 13.2 Å². The van der Waals surface area contributed by atoms with E-state index in [9.17, 15) is 10.1 Å². The Morgan fingerprint density at radius 1 is 1.10 bits per heavy atom. The first-order valence-electron chi connectivity index (χ1n) is 6.15. The summed E-state index contributed by atoms with van der Waals surface area (Å²) in [6, 6.07) is 9.81. The number of nitro groups is 1. The summed E-state index contributed by atoms with van der Waals surface area (Å²) in [5, 5.41) is 11.2. The molecule has 7 heteroatoms. The number of nitro benzene ring substituents is 1. The van der Waals surface area contributed by atoms with Crippen molar-refractivity contribution in [1.82, 2.24) is 0 Å². The van der Waals surface area contributed by atoms with Gasteiger partial charge in [0.05, 0.1) is 11.0 Å². The van der Waals surface area contributed by atoms with Crippen molar-refractivity contribution in [3.05, 3.63) is 51.0 Å². The number of benzene rings is 2. The highest BCUT2D eigenvalue weighted by molar-refractivity contribution is 9.10. The molecular formula is C14H10BrNO5. The molecule has 108 valence electrons. The minimum atomic E-state index is -0.508. The van der Waals surface area contributed by atoms with Gasteiger partial charge in [-0.15, -0.1) is 0 Å². The van der Waals surface area contributed by atoms with Gasteiger partial charge in [-0.3, -0.25) is 10.1 Å². The molecule has 0 spiro atoms. The van der Waals surface area contributed by atoms with Gasteiger partial charge in [0.25, 0.3) is 0 Å². The largest absolute Gasteiger partial charge is 0.486 e. The lowest BCUT2D eigenvalue weighted by atomic mass is 10.2. The highest BCUT2D eigenvalue weighted by Crippen LogP contribution is 2.42. The molecule has 0 saturated carbocycles. The molecule has 0 fully saturated rings. The van der Waals surface area contributed by atoms with Crippen LogP contribution in [0.5, 0.6) is 23.0 Å². The summed E-state index contributed by atoms with van der Waals surface area (Å²) in [6.07, 6.45) is 0. The number of halogens is 1. The maximum Gasteiger partial charge on any atom is 0.315 e. The second-order valence-electron chi connectivity index (χ2n) is 4.28. The molecule has 0 aliphatic carbocycles. The van der Waals surface area contributed by atoms with E-state index in [4.69, 9.17) is 14.2 Å². The fourth-order valence-corrected chi connectivity index (χ4v) is 2.18. The van der Waals surface area contributed by atoms with E-state index in [-0.39, 0.29) is 11.4 Å². The monoisotopic (exact) mass is 351 g/mol. The first kappa shape index (κ1) is 13.7. The zero-order valence-electron chi connectivity index (χ0n) is 10.7. The molecule has 2 aromatic rings. The molecule has 1 aliphatic heterocycles. The Labute approximate surface area is 128 Å². The average molecular weight is 352 g/mol. The third kappa shape index (κ3) is 2.92. The molecule has 3 rings (SSSR count). The van der Waals surface area contributed by atoms with Crippen LogP contribution in [-0.4, -0.2) is 18.1 Å². The summed E-state index contributed by atoms with van der Waals surface area (Å²) in [5.74, 6) is 1.42. The van der Waals surface area contributed by atoms with E-state index in [0.717, 1.165) is 4.47 Å². The van der Waals surface area contributed by atoms with Gasteiger partial charge in [-0.25, -0.2) is 0 Å². The summed E-state index contributed by atoms with van der Waals surface area (Å²) in [4.78, 5) is 10.7. The SMILES string of the molecule is O=[N+]([O-])c1cc2c(cc1Oc1ccc(Br)cc1)OCCO2. The molecule has 0 atom stereocenters.